The van der Waals surface area contributed by atoms with E-state index in [0.29, 0.717) is 0 Å². The average Bonchev–Trinajstić information content (AvgIpc) is 1.84. The van der Waals surface area contributed by atoms with E-state index >= 15 is 0 Å². The van der Waals surface area contributed by atoms with Crippen molar-refractivity contribution in [2.24, 2.45) is 0 Å². The quantitative estimate of drug-likeness (QED) is 0.623. The lowest BCUT2D eigenvalue weighted by molar-refractivity contribution is -0.0552. The maximum absolute atomic E-state index is 10.7. The Hall–Kier alpha value is -0.130. The molecular weight excluding hydrogens is 180 g/mol. The third-order valence-electron chi connectivity index (χ3n) is 1.82. The van der Waals surface area contributed by atoms with Gasteiger partial charge in [-0.25, -0.2) is 0 Å². The van der Waals surface area contributed by atoms with Gasteiger partial charge in [0, 0.05) is 7.11 Å². The van der Waals surface area contributed by atoms with Crippen molar-refractivity contribution in [2.75, 3.05) is 13.4 Å². The standard InChI is InChI=1S/C7H16O4S/c1-6(7(2,3)10-4)11-12(5,8)9/h6H,1-5H3. The summed E-state index contributed by atoms with van der Waals surface area (Å²) in [6.45, 7) is 5.19. The minimum atomic E-state index is -3.40. The molecule has 0 saturated heterocycles. The lowest BCUT2D eigenvalue weighted by Crippen LogP contribution is -2.39. The zero-order valence-electron chi connectivity index (χ0n) is 8.12. The molecule has 4 nitrogen and oxygen atoms in total. The van der Waals surface area contributed by atoms with Gasteiger partial charge in [-0.15, -0.1) is 0 Å². The van der Waals surface area contributed by atoms with Crippen LogP contribution in [-0.2, 0) is 19.0 Å². The topological polar surface area (TPSA) is 52.6 Å². The summed E-state index contributed by atoms with van der Waals surface area (Å²) in [5.74, 6) is 0. The van der Waals surface area contributed by atoms with Crippen molar-refractivity contribution in [3.05, 3.63) is 0 Å². The molecule has 0 fully saturated rings. The highest BCUT2D eigenvalue weighted by atomic mass is 32.2. The zero-order valence-corrected chi connectivity index (χ0v) is 8.94. The van der Waals surface area contributed by atoms with Crippen molar-refractivity contribution in [1.29, 1.82) is 0 Å². The van der Waals surface area contributed by atoms with E-state index in [0.717, 1.165) is 6.26 Å². The van der Waals surface area contributed by atoms with Crippen LogP contribution in [0.15, 0.2) is 0 Å². The Morgan fingerprint density at radius 2 is 1.75 bits per heavy atom. The molecule has 1 atom stereocenters. The Labute approximate surface area is 74.0 Å². The molecular formula is C7H16O4S. The van der Waals surface area contributed by atoms with E-state index in [9.17, 15) is 8.42 Å². The minimum absolute atomic E-state index is 0.488. The molecule has 0 saturated carbocycles. The normalized spacial score (nSPS) is 16.1. The fourth-order valence-electron chi connectivity index (χ4n) is 0.544. The molecule has 5 heteroatoms. The largest absolute Gasteiger partial charge is 0.376 e. The molecule has 0 aromatic carbocycles. The zero-order chi connectivity index (χ0) is 9.99. The lowest BCUT2D eigenvalue weighted by Gasteiger charge is -2.28. The molecule has 0 aromatic heterocycles. The van der Waals surface area contributed by atoms with Crippen LogP contribution in [0.2, 0.25) is 0 Å². The number of rotatable bonds is 4. The first-order chi connectivity index (χ1) is 5.19. The van der Waals surface area contributed by atoms with Crippen LogP contribution in [0, 0.1) is 0 Å². The highest BCUT2D eigenvalue weighted by Gasteiger charge is 2.28. The molecule has 0 rings (SSSR count). The Morgan fingerprint density at radius 3 is 2.00 bits per heavy atom. The monoisotopic (exact) mass is 196 g/mol. The van der Waals surface area contributed by atoms with Crippen molar-refractivity contribution in [1.82, 2.24) is 0 Å². The number of methoxy groups -OCH3 is 1. The third-order valence-corrected chi connectivity index (χ3v) is 2.46. The van der Waals surface area contributed by atoms with Gasteiger partial charge in [0.1, 0.15) is 6.10 Å². The summed E-state index contributed by atoms with van der Waals surface area (Å²) in [5, 5.41) is 0. The van der Waals surface area contributed by atoms with Crippen LogP contribution in [0.1, 0.15) is 20.8 Å². The second-order valence-corrected chi connectivity index (χ2v) is 4.85. The molecule has 0 bridgehead atoms. The average molecular weight is 196 g/mol. The van der Waals surface area contributed by atoms with Gasteiger partial charge in [0.15, 0.2) is 0 Å². The number of ether oxygens (including phenoxy) is 1. The van der Waals surface area contributed by atoms with Crippen molar-refractivity contribution in [3.8, 4) is 0 Å². The van der Waals surface area contributed by atoms with E-state index in [-0.39, 0.29) is 0 Å². The van der Waals surface area contributed by atoms with Gasteiger partial charge in [-0.2, -0.15) is 8.42 Å². The fourth-order valence-corrected chi connectivity index (χ4v) is 1.30. The summed E-state index contributed by atoms with van der Waals surface area (Å²) in [5.41, 5.74) is -0.594. The minimum Gasteiger partial charge on any atom is -0.376 e. The van der Waals surface area contributed by atoms with E-state index in [4.69, 9.17) is 8.92 Å². The molecule has 0 aliphatic rings. The molecule has 0 aromatic rings. The highest BCUT2D eigenvalue weighted by Crippen LogP contribution is 2.17. The summed E-state index contributed by atoms with van der Waals surface area (Å²) in [6.07, 6.45) is 0.535. The van der Waals surface area contributed by atoms with Crippen molar-refractivity contribution in [2.45, 2.75) is 32.5 Å². The summed E-state index contributed by atoms with van der Waals surface area (Å²) in [4.78, 5) is 0. The van der Waals surface area contributed by atoms with Crippen LogP contribution in [0.25, 0.3) is 0 Å². The van der Waals surface area contributed by atoms with Gasteiger partial charge in [0.2, 0.25) is 0 Å². The van der Waals surface area contributed by atoms with Gasteiger partial charge < -0.3 is 4.74 Å². The van der Waals surface area contributed by atoms with Crippen molar-refractivity contribution < 1.29 is 17.3 Å². The molecule has 0 radical (unpaired) electrons. The lowest BCUT2D eigenvalue weighted by atomic mass is 10.0. The molecule has 0 spiro atoms. The van der Waals surface area contributed by atoms with Crippen molar-refractivity contribution >= 4 is 10.1 Å². The van der Waals surface area contributed by atoms with E-state index in [1.54, 1.807) is 20.8 Å². The predicted molar refractivity (Wildman–Crippen MR) is 46.5 cm³/mol. The van der Waals surface area contributed by atoms with Gasteiger partial charge in [0.25, 0.3) is 10.1 Å². The molecule has 0 heterocycles. The Balaban J connectivity index is 4.32. The van der Waals surface area contributed by atoms with Gasteiger partial charge in [0.05, 0.1) is 11.9 Å². The second kappa shape index (κ2) is 3.72. The Morgan fingerprint density at radius 1 is 1.33 bits per heavy atom. The first kappa shape index (κ1) is 11.9. The Kier molecular flexibility index (Phi) is 3.68. The summed E-state index contributed by atoms with van der Waals surface area (Å²) < 4.78 is 31.2. The molecule has 0 aliphatic carbocycles. The fraction of sp³-hybridized carbons (Fsp3) is 1.00. The first-order valence-electron chi connectivity index (χ1n) is 3.62. The van der Waals surface area contributed by atoms with E-state index in [1.807, 2.05) is 0 Å². The van der Waals surface area contributed by atoms with E-state index in [2.05, 4.69) is 0 Å². The molecule has 0 aliphatic heterocycles. The molecule has 0 amide bonds. The summed E-state index contributed by atoms with van der Waals surface area (Å²) in [6, 6.07) is 0. The molecule has 0 N–H and O–H groups in total. The summed E-state index contributed by atoms with van der Waals surface area (Å²) in [7, 11) is -1.88. The summed E-state index contributed by atoms with van der Waals surface area (Å²) >= 11 is 0. The number of hydrogen-bond donors (Lipinski definition) is 0. The molecule has 1 unspecified atom stereocenters. The predicted octanol–water partition coefficient (Wildman–Crippen LogP) is 0.776. The van der Waals surface area contributed by atoms with Gasteiger partial charge in [-0.3, -0.25) is 4.18 Å². The first-order valence-corrected chi connectivity index (χ1v) is 5.44. The molecule has 74 valence electrons. The van der Waals surface area contributed by atoms with Crippen LogP contribution in [0.3, 0.4) is 0 Å². The van der Waals surface area contributed by atoms with Gasteiger partial charge in [-0.1, -0.05) is 0 Å². The molecule has 12 heavy (non-hydrogen) atoms. The van der Waals surface area contributed by atoms with Crippen LogP contribution < -0.4 is 0 Å². The van der Waals surface area contributed by atoms with Gasteiger partial charge >= 0.3 is 0 Å². The van der Waals surface area contributed by atoms with Crippen LogP contribution >= 0.6 is 0 Å². The van der Waals surface area contributed by atoms with E-state index in [1.165, 1.54) is 7.11 Å². The van der Waals surface area contributed by atoms with Gasteiger partial charge in [-0.05, 0) is 20.8 Å². The van der Waals surface area contributed by atoms with E-state index < -0.39 is 21.8 Å². The Bertz CT molecular complexity index is 230. The van der Waals surface area contributed by atoms with Crippen molar-refractivity contribution in [3.63, 3.8) is 0 Å². The second-order valence-electron chi connectivity index (χ2n) is 3.25. The highest BCUT2D eigenvalue weighted by molar-refractivity contribution is 7.86. The SMILES string of the molecule is COC(C)(C)C(C)OS(C)(=O)=O. The maximum Gasteiger partial charge on any atom is 0.264 e. The van der Waals surface area contributed by atoms with Crippen LogP contribution in [-0.4, -0.2) is 33.5 Å². The van der Waals surface area contributed by atoms with Crippen LogP contribution in [0.4, 0.5) is 0 Å². The number of hydrogen-bond acceptors (Lipinski definition) is 4. The maximum atomic E-state index is 10.7. The van der Waals surface area contributed by atoms with Crippen LogP contribution in [0.5, 0.6) is 0 Å². The third kappa shape index (κ3) is 4.04. The smallest absolute Gasteiger partial charge is 0.264 e.